The van der Waals surface area contributed by atoms with Crippen molar-refractivity contribution in [2.45, 2.75) is 175 Å². The number of likely N-dealkylation sites (N-methyl/N-ethyl adjacent to an activating group) is 2. The van der Waals surface area contributed by atoms with E-state index in [-0.39, 0.29) is 103 Å². The van der Waals surface area contributed by atoms with Gasteiger partial charge in [0.1, 0.15) is 18.4 Å². The van der Waals surface area contributed by atoms with Crippen LogP contribution in [0.15, 0.2) is 120 Å². The van der Waals surface area contributed by atoms with Crippen molar-refractivity contribution in [2.24, 2.45) is 28.9 Å². The molecule has 0 radical (unpaired) electrons. The van der Waals surface area contributed by atoms with Crippen LogP contribution in [0.25, 0.3) is 0 Å². The lowest BCUT2D eigenvalue weighted by molar-refractivity contribution is -0.145. The zero-order chi connectivity index (χ0) is 65.7. The molecule has 0 spiro atoms. The van der Waals surface area contributed by atoms with E-state index in [1.807, 2.05) is 92.6 Å². The van der Waals surface area contributed by atoms with Crippen molar-refractivity contribution >= 4 is 63.1 Å². The highest BCUT2D eigenvalue weighted by Crippen LogP contribution is 2.30. The Kier molecular flexibility index (Phi) is 27.7. The second kappa shape index (κ2) is 33.5. The summed E-state index contributed by atoms with van der Waals surface area (Å²) in [6, 6.07) is 18.3. The Bertz CT molecular complexity index is 3100. The number of allylic oxidation sites excluding steroid dienone is 1. The maximum atomic E-state index is 14.4. The summed E-state index contributed by atoms with van der Waals surface area (Å²) in [5.74, 6) is -4.11. The van der Waals surface area contributed by atoms with Crippen LogP contribution in [0, 0.1) is 23.2 Å². The van der Waals surface area contributed by atoms with E-state index in [0.717, 1.165) is 12.0 Å². The number of nitrogens with one attached hydrogen (secondary N) is 5. The molecule has 7 N–H and O–H groups in total. The van der Waals surface area contributed by atoms with Crippen LogP contribution in [-0.2, 0) is 78.0 Å². The maximum absolute atomic E-state index is 14.4. The Morgan fingerprint density at radius 1 is 0.761 bits per heavy atom. The van der Waals surface area contributed by atoms with Crippen LogP contribution in [0.4, 0.5) is 4.79 Å². The Balaban J connectivity index is 1.29. The zero-order valence-corrected chi connectivity index (χ0v) is 54.3. The molecule has 21 heteroatoms. The van der Waals surface area contributed by atoms with Crippen LogP contribution in [0.3, 0.4) is 0 Å². The van der Waals surface area contributed by atoms with Gasteiger partial charge < -0.3 is 41.5 Å². The van der Waals surface area contributed by atoms with Gasteiger partial charge in [-0.05, 0) is 104 Å². The highest BCUT2D eigenvalue weighted by Gasteiger charge is 2.42. The van der Waals surface area contributed by atoms with Gasteiger partial charge in [-0.1, -0.05) is 148 Å². The molecule has 5 atom stereocenters. The highest BCUT2D eigenvalue weighted by atomic mass is 32.2. The van der Waals surface area contributed by atoms with Crippen molar-refractivity contribution < 1.29 is 56.3 Å². The van der Waals surface area contributed by atoms with E-state index in [4.69, 9.17) is 10.5 Å². The topological polar surface area (TPSA) is 290 Å². The molecular formula is C67H94N8O12S. The molecule has 3 aromatic carbocycles. The second-order valence-electron chi connectivity index (χ2n) is 25.1. The molecule has 88 heavy (non-hydrogen) atoms. The Labute approximate surface area is 520 Å². The van der Waals surface area contributed by atoms with Gasteiger partial charge in [0.25, 0.3) is 21.8 Å². The Morgan fingerprint density at radius 3 is 1.95 bits per heavy atom. The smallest absolute Gasteiger partial charge is 0.312 e. The largest absolute Gasteiger partial charge is 0.461 e. The molecule has 0 bridgehead atoms. The molecule has 20 nitrogen and oxygen atoms in total. The summed E-state index contributed by atoms with van der Waals surface area (Å²) in [7, 11) is -1.06. The van der Waals surface area contributed by atoms with Crippen molar-refractivity contribution in [1.29, 1.82) is 0 Å². The van der Waals surface area contributed by atoms with Gasteiger partial charge in [-0.25, -0.2) is 17.9 Å². The Morgan fingerprint density at radius 2 is 1.39 bits per heavy atom. The number of urea groups is 1. The summed E-state index contributed by atoms with van der Waals surface area (Å²) in [5, 5.41) is 11.5. The number of amides is 7. The summed E-state index contributed by atoms with van der Waals surface area (Å²) in [6.45, 7) is 22.9. The Hall–Kier alpha value is -7.78. The predicted octanol–water partition coefficient (Wildman–Crippen LogP) is 7.44. The number of sulfonamides is 1. The number of esters is 1. The molecule has 0 aliphatic carbocycles. The predicted molar refractivity (Wildman–Crippen MR) is 339 cm³/mol. The number of hydrogen-bond donors (Lipinski definition) is 6. The van der Waals surface area contributed by atoms with E-state index in [1.165, 1.54) is 42.2 Å². The number of carbonyl (C=O) groups is 9. The number of hydrogen-bond acceptors (Lipinski definition) is 13. The average Bonchev–Trinajstić information content (AvgIpc) is 2.00. The quantitative estimate of drug-likeness (QED) is 0.0190. The molecule has 7 amide bonds. The number of aryl methyl sites for hydroxylation is 1. The first-order chi connectivity index (χ1) is 41.3. The first-order valence-electron chi connectivity index (χ1n) is 30.2. The van der Waals surface area contributed by atoms with Crippen molar-refractivity contribution in [3.63, 3.8) is 0 Å². The molecule has 0 saturated heterocycles. The highest BCUT2D eigenvalue weighted by molar-refractivity contribution is 7.90. The third kappa shape index (κ3) is 22.1. The summed E-state index contributed by atoms with van der Waals surface area (Å²) >= 11 is 0. The summed E-state index contributed by atoms with van der Waals surface area (Å²) in [4.78, 5) is 122. The third-order valence-electron chi connectivity index (χ3n) is 16.0. The first kappa shape index (κ1) is 72.7. The number of nitrogens with zero attached hydrogens (tertiary/aromatic N) is 2. The standard InChI is InChI=1S/C67H94N8O12S/c1-43(2)53(41-51(76)23-18-15-19-38-75-46(6)25-35-57(75)78)62(81)71-54(24-20-37-70-65(68)84)56(77)40-48-26-28-49(29-27-48)42-87-58(79)36-32-47-30-33-52(34-31-47)88(85,86)73-61(80)45(5)39-55(44(3)4)74(13)64(83)60(66(7,8)9)72-63(82)59(69-12)67(10,11)50-21-16-14-17-22-50/h14,16-17,21-22,25-31,33-35,39,43-44,53-55,59-60,69H,6,15,18-20,23-24,32,36-38,40-42H2,1-5,7-13H3,(H,71,81)(H,72,82)(H,73,80)(H3,68,70,84)/b45-39+/t53-,54-,55-,59-,60-/m1/s1. The molecule has 0 unspecified atom stereocenters. The van der Waals surface area contributed by atoms with Crippen molar-refractivity contribution in [3.05, 3.63) is 137 Å². The maximum Gasteiger partial charge on any atom is 0.312 e. The van der Waals surface area contributed by atoms with Gasteiger partial charge in [0, 0.05) is 74.5 Å². The lowest BCUT2D eigenvalue weighted by Gasteiger charge is -2.40. The van der Waals surface area contributed by atoms with E-state index in [1.54, 1.807) is 55.4 Å². The van der Waals surface area contributed by atoms with Gasteiger partial charge in [-0.2, -0.15) is 0 Å². The van der Waals surface area contributed by atoms with Crippen LogP contribution in [0.2, 0.25) is 0 Å². The fourth-order valence-electron chi connectivity index (χ4n) is 10.4. The van der Waals surface area contributed by atoms with Gasteiger partial charge in [0.15, 0.2) is 5.78 Å². The molecule has 1 aliphatic heterocycles. The van der Waals surface area contributed by atoms with Gasteiger partial charge in [0.2, 0.25) is 17.7 Å². The summed E-state index contributed by atoms with van der Waals surface area (Å²) in [5.41, 5.74) is 7.44. The van der Waals surface area contributed by atoms with Crippen LogP contribution in [-0.4, -0.2) is 123 Å². The molecule has 1 aliphatic rings. The number of rotatable bonds is 35. The monoisotopic (exact) mass is 1230 g/mol. The number of carbonyl (C=O) groups excluding carboxylic acids is 9. The summed E-state index contributed by atoms with van der Waals surface area (Å²) < 4.78 is 34.6. The first-order valence-corrected chi connectivity index (χ1v) is 31.7. The molecule has 480 valence electrons. The number of primary amides is 1. The van der Waals surface area contributed by atoms with E-state index in [9.17, 15) is 51.6 Å². The number of ketones is 2. The van der Waals surface area contributed by atoms with Crippen LogP contribution < -0.4 is 31.7 Å². The van der Waals surface area contributed by atoms with E-state index in [0.29, 0.717) is 48.2 Å². The number of unbranched alkanes of at least 4 members (excludes halogenated alkanes) is 2. The van der Waals surface area contributed by atoms with Gasteiger partial charge >= 0.3 is 12.0 Å². The van der Waals surface area contributed by atoms with Crippen molar-refractivity contribution in [2.75, 3.05) is 27.2 Å². The van der Waals surface area contributed by atoms with Gasteiger partial charge in [0.05, 0.1) is 23.0 Å². The lowest BCUT2D eigenvalue weighted by Crippen LogP contribution is -2.61. The van der Waals surface area contributed by atoms with Gasteiger partial charge in [-0.15, -0.1) is 0 Å². The fourth-order valence-corrected chi connectivity index (χ4v) is 11.4. The second-order valence-corrected chi connectivity index (χ2v) is 26.7. The number of nitrogens with two attached hydrogens (primary N) is 1. The molecule has 0 fully saturated rings. The molecule has 4 rings (SSSR count). The average molecular weight is 1240 g/mol. The fraction of sp³-hybridized carbons (Fsp3) is 0.507. The minimum absolute atomic E-state index is 0.0118. The minimum atomic E-state index is -4.36. The molecule has 1 heterocycles. The molecule has 0 saturated carbocycles. The third-order valence-corrected chi connectivity index (χ3v) is 17.3. The SMILES string of the molecule is C=C1C=CC(=O)N1CCCCCC(=O)C[C@@H](C(=O)N[C@H](CCCNC(N)=O)C(=O)Cc1ccc(COC(=O)CCc2ccc(S(=O)(=O)NC(=O)/C(C)=C/[C@H](C(C)C)N(C)C(=O)[C@@H](NC(=O)[C@@H](NC)C(C)(C)c3ccccc3)C(C)(C)C)cc2)cc1)C(C)C. The normalized spacial score (nSPS) is 14.6. The van der Waals surface area contributed by atoms with E-state index < -0.39 is 74.8 Å². The molecule has 3 aromatic rings. The van der Waals surface area contributed by atoms with Gasteiger partial charge in [-0.3, -0.25) is 38.4 Å². The zero-order valence-electron chi connectivity index (χ0n) is 53.5. The van der Waals surface area contributed by atoms with Crippen LogP contribution in [0.1, 0.15) is 143 Å². The number of benzene rings is 3. The molecular weight excluding hydrogens is 1140 g/mol. The van der Waals surface area contributed by atoms with Crippen molar-refractivity contribution in [3.8, 4) is 0 Å². The number of ether oxygens (including phenoxy) is 1. The van der Waals surface area contributed by atoms with E-state index >= 15 is 0 Å². The van der Waals surface area contributed by atoms with E-state index in [2.05, 4.69) is 32.6 Å². The molecule has 0 aromatic heterocycles. The van der Waals surface area contributed by atoms with Crippen LogP contribution in [0.5, 0.6) is 0 Å². The number of Topliss-reactive ketones (excluding diaryl/α,β-unsaturated/α-hetero) is 2. The minimum Gasteiger partial charge on any atom is -0.461 e. The van der Waals surface area contributed by atoms with Crippen molar-refractivity contribution in [1.82, 2.24) is 35.8 Å². The van der Waals surface area contributed by atoms with Crippen LogP contribution >= 0.6 is 0 Å². The lowest BCUT2D eigenvalue weighted by atomic mass is 9.76. The summed E-state index contributed by atoms with van der Waals surface area (Å²) in [6.07, 6.45) is 7.74.